The number of amides is 1. The summed E-state index contributed by atoms with van der Waals surface area (Å²) in [5, 5.41) is 15.5. The fourth-order valence-electron chi connectivity index (χ4n) is 2.38. The average Bonchev–Trinajstić information content (AvgIpc) is 2.65. The molecule has 0 unspecified atom stereocenters. The number of nitrogens with one attached hydrogen (secondary N) is 2. The first kappa shape index (κ1) is 17.5. The molecule has 0 atom stereocenters. The number of carbonyl (C=O) groups excluding carboxylic acids is 1. The summed E-state index contributed by atoms with van der Waals surface area (Å²) in [6.07, 6.45) is 1.57. The molecule has 0 aliphatic carbocycles. The Morgan fingerprint density at radius 2 is 1.85 bits per heavy atom. The van der Waals surface area contributed by atoms with Crippen molar-refractivity contribution in [3.63, 3.8) is 0 Å². The molecule has 6 heteroatoms. The molecule has 0 radical (unpaired) electrons. The number of rotatable bonds is 4. The van der Waals surface area contributed by atoms with Crippen molar-refractivity contribution in [2.75, 3.05) is 10.6 Å². The number of nitriles is 1. The summed E-state index contributed by atoms with van der Waals surface area (Å²) in [6, 6.07) is 17.7. The second kappa shape index (κ2) is 7.68. The molecule has 1 amide bonds. The zero-order valence-electron chi connectivity index (χ0n) is 14.0. The van der Waals surface area contributed by atoms with Crippen LogP contribution in [0, 0.1) is 18.3 Å². The second-order valence-corrected chi connectivity index (χ2v) is 6.09. The number of hydrogen-bond acceptors (Lipinski definition) is 4. The van der Waals surface area contributed by atoms with Gasteiger partial charge in [0.1, 0.15) is 5.69 Å². The Morgan fingerprint density at radius 1 is 1.08 bits per heavy atom. The van der Waals surface area contributed by atoms with Gasteiger partial charge in [-0.25, -0.2) is 0 Å². The van der Waals surface area contributed by atoms with Crippen molar-refractivity contribution in [2.24, 2.45) is 0 Å². The fraction of sp³-hybridized carbons (Fsp3) is 0.0500. The largest absolute Gasteiger partial charge is 0.355 e. The van der Waals surface area contributed by atoms with Gasteiger partial charge in [-0.05, 0) is 67.1 Å². The first-order valence-electron chi connectivity index (χ1n) is 7.86. The highest BCUT2D eigenvalue weighted by atomic mass is 35.5. The van der Waals surface area contributed by atoms with E-state index in [4.69, 9.17) is 16.9 Å². The Hall–Kier alpha value is -3.36. The van der Waals surface area contributed by atoms with Gasteiger partial charge in [-0.3, -0.25) is 9.78 Å². The highest BCUT2D eigenvalue weighted by molar-refractivity contribution is 6.30. The Bertz CT molecular complexity index is 993. The number of benzene rings is 2. The Kier molecular flexibility index (Phi) is 5.16. The maximum atomic E-state index is 12.4. The molecule has 1 aromatic heterocycles. The number of pyridine rings is 1. The molecule has 5 nitrogen and oxygen atoms in total. The summed E-state index contributed by atoms with van der Waals surface area (Å²) in [6.45, 7) is 1.95. The van der Waals surface area contributed by atoms with Gasteiger partial charge in [0.25, 0.3) is 5.91 Å². The molecular weight excluding hydrogens is 348 g/mol. The minimum Gasteiger partial charge on any atom is -0.355 e. The molecule has 26 heavy (non-hydrogen) atoms. The van der Waals surface area contributed by atoms with Crippen LogP contribution in [0.3, 0.4) is 0 Å². The second-order valence-electron chi connectivity index (χ2n) is 5.66. The molecule has 0 fully saturated rings. The topological polar surface area (TPSA) is 77.8 Å². The van der Waals surface area contributed by atoms with Crippen LogP contribution in [0.25, 0.3) is 0 Å². The number of halogens is 1. The highest BCUT2D eigenvalue weighted by Crippen LogP contribution is 2.23. The van der Waals surface area contributed by atoms with Crippen LogP contribution in [0.1, 0.15) is 21.6 Å². The molecule has 0 spiro atoms. The van der Waals surface area contributed by atoms with Gasteiger partial charge in [0.05, 0.1) is 11.6 Å². The number of aryl methyl sites for hydroxylation is 1. The maximum Gasteiger partial charge on any atom is 0.274 e. The first-order valence-corrected chi connectivity index (χ1v) is 8.24. The van der Waals surface area contributed by atoms with E-state index in [0.717, 1.165) is 16.9 Å². The van der Waals surface area contributed by atoms with Gasteiger partial charge in [-0.15, -0.1) is 0 Å². The number of aromatic nitrogens is 1. The molecule has 2 aromatic carbocycles. The molecule has 0 saturated carbocycles. The minimum absolute atomic E-state index is 0.283. The highest BCUT2D eigenvalue weighted by Gasteiger charge is 2.09. The molecule has 3 aromatic rings. The van der Waals surface area contributed by atoms with Crippen LogP contribution in [0.4, 0.5) is 17.1 Å². The third-order valence-electron chi connectivity index (χ3n) is 3.73. The van der Waals surface area contributed by atoms with Crippen molar-refractivity contribution in [3.05, 3.63) is 82.6 Å². The van der Waals surface area contributed by atoms with Crippen LogP contribution in [0.15, 0.2) is 60.8 Å². The van der Waals surface area contributed by atoms with Crippen molar-refractivity contribution in [1.29, 1.82) is 5.26 Å². The van der Waals surface area contributed by atoms with Crippen molar-refractivity contribution in [2.45, 2.75) is 6.92 Å². The van der Waals surface area contributed by atoms with E-state index in [1.165, 1.54) is 0 Å². The van der Waals surface area contributed by atoms with Gasteiger partial charge in [0.15, 0.2) is 0 Å². The average molecular weight is 363 g/mol. The Morgan fingerprint density at radius 3 is 2.54 bits per heavy atom. The van der Waals surface area contributed by atoms with Gasteiger partial charge < -0.3 is 10.6 Å². The fourth-order valence-corrected chi connectivity index (χ4v) is 2.61. The lowest BCUT2D eigenvalue weighted by molar-refractivity contribution is 0.102. The van der Waals surface area contributed by atoms with Crippen LogP contribution in [0.5, 0.6) is 0 Å². The standard InChI is InChI=1S/C20H15ClN4O/c1-13-10-15(21)4-7-18(13)24-17-8-9-23-19(11-17)20(26)25-16-5-2-14(12-22)3-6-16/h2-11H,1H3,(H,23,24)(H,25,26). The number of carbonyl (C=O) groups is 1. The summed E-state index contributed by atoms with van der Waals surface area (Å²) in [5.41, 5.74) is 4.06. The zero-order valence-corrected chi connectivity index (χ0v) is 14.7. The predicted octanol–water partition coefficient (Wildman–Crippen LogP) is 4.91. The smallest absolute Gasteiger partial charge is 0.274 e. The summed E-state index contributed by atoms with van der Waals surface area (Å²) in [7, 11) is 0. The van der Waals surface area contributed by atoms with E-state index in [9.17, 15) is 4.79 Å². The van der Waals surface area contributed by atoms with Crippen molar-refractivity contribution in [1.82, 2.24) is 4.98 Å². The molecule has 3 rings (SSSR count). The Balaban J connectivity index is 1.75. The van der Waals surface area contributed by atoms with Gasteiger partial charge in [0, 0.05) is 28.3 Å². The third-order valence-corrected chi connectivity index (χ3v) is 3.97. The van der Waals surface area contributed by atoms with E-state index >= 15 is 0 Å². The van der Waals surface area contributed by atoms with Gasteiger partial charge in [-0.2, -0.15) is 5.26 Å². The van der Waals surface area contributed by atoms with Crippen molar-refractivity contribution >= 4 is 34.6 Å². The summed E-state index contributed by atoms with van der Waals surface area (Å²) in [4.78, 5) is 16.5. The lowest BCUT2D eigenvalue weighted by Gasteiger charge is -2.11. The lowest BCUT2D eigenvalue weighted by atomic mass is 10.2. The van der Waals surface area contributed by atoms with E-state index < -0.39 is 0 Å². The molecule has 0 aliphatic rings. The molecule has 128 valence electrons. The van der Waals surface area contributed by atoms with Crippen LogP contribution < -0.4 is 10.6 Å². The van der Waals surface area contributed by atoms with Crippen molar-refractivity contribution < 1.29 is 4.79 Å². The van der Waals surface area contributed by atoms with E-state index in [-0.39, 0.29) is 11.6 Å². The van der Waals surface area contributed by atoms with E-state index in [1.807, 2.05) is 25.1 Å². The molecule has 0 saturated heterocycles. The lowest BCUT2D eigenvalue weighted by Crippen LogP contribution is -2.13. The van der Waals surface area contributed by atoms with Gasteiger partial charge >= 0.3 is 0 Å². The minimum atomic E-state index is -0.328. The van der Waals surface area contributed by atoms with Gasteiger partial charge in [0.2, 0.25) is 0 Å². The molecule has 0 aliphatic heterocycles. The van der Waals surface area contributed by atoms with E-state index in [1.54, 1.807) is 48.7 Å². The Labute approximate surface area is 156 Å². The summed E-state index contributed by atoms with van der Waals surface area (Å²) < 4.78 is 0. The predicted molar refractivity (Wildman–Crippen MR) is 103 cm³/mol. The number of nitrogens with zero attached hydrogens (tertiary/aromatic N) is 2. The van der Waals surface area contributed by atoms with E-state index in [2.05, 4.69) is 15.6 Å². The van der Waals surface area contributed by atoms with Crippen LogP contribution >= 0.6 is 11.6 Å². The third kappa shape index (κ3) is 4.18. The molecule has 0 bridgehead atoms. The maximum absolute atomic E-state index is 12.4. The van der Waals surface area contributed by atoms with E-state index in [0.29, 0.717) is 16.3 Å². The van der Waals surface area contributed by atoms with Crippen LogP contribution in [-0.2, 0) is 0 Å². The number of anilines is 3. The van der Waals surface area contributed by atoms with Crippen LogP contribution in [0.2, 0.25) is 5.02 Å². The first-order chi connectivity index (χ1) is 12.5. The van der Waals surface area contributed by atoms with Gasteiger partial charge in [-0.1, -0.05) is 11.6 Å². The summed E-state index contributed by atoms with van der Waals surface area (Å²) in [5.74, 6) is -0.328. The monoisotopic (exact) mass is 362 g/mol. The molecule has 2 N–H and O–H groups in total. The van der Waals surface area contributed by atoms with Crippen LogP contribution in [-0.4, -0.2) is 10.9 Å². The SMILES string of the molecule is Cc1cc(Cl)ccc1Nc1ccnc(C(=O)Nc2ccc(C#N)cc2)c1. The number of hydrogen-bond donors (Lipinski definition) is 2. The zero-order chi connectivity index (χ0) is 18.5. The summed E-state index contributed by atoms with van der Waals surface area (Å²) >= 11 is 5.97. The quantitative estimate of drug-likeness (QED) is 0.691. The van der Waals surface area contributed by atoms with Crippen molar-refractivity contribution in [3.8, 4) is 6.07 Å². The molecular formula is C20H15ClN4O. The normalized spacial score (nSPS) is 10.0. The molecule has 1 heterocycles.